The Kier molecular flexibility index (Phi) is 8.82. The molecule has 1 aromatic carbocycles. The van der Waals surface area contributed by atoms with Gasteiger partial charge in [-0.2, -0.15) is 5.10 Å². The number of carbonyl (C=O) groups excluding carboxylic acids is 1. The number of carboxylic acid groups (broad SMARTS) is 1. The molecule has 3 heterocycles. The summed E-state index contributed by atoms with van der Waals surface area (Å²) < 4.78 is 12.8. The van der Waals surface area contributed by atoms with Crippen LogP contribution in [0, 0.1) is 5.92 Å². The Hall–Kier alpha value is -3.11. The molecule has 1 aromatic heterocycles. The van der Waals surface area contributed by atoms with E-state index in [0.29, 0.717) is 50.6 Å². The van der Waals surface area contributed by atoms with E-state index in [4.69, 9.17) is 15.2 Å². The maximum atomic E-state index is 13.4. The standard InChI is InChI=1S/C26H37N5O5/c1-2-3-11-29(12-4-9-27)24(32)17-30-16-20(19-6-7-22-23(15-19)36-18-35-22)25(26(33)34)21(30)8-14-31-13-5-10-28-31/h5-7,10,13,15,20-21,25H,2-4,8-9,11-12,14,16-18,27H2,1H3,(H,33,34)/t20-,21+,25-/m1/s1. The molecule has 0 aliphatic carbocycles. The van der Waals surface area contributed by atoms with Crippen molar-refractivity contribution in [2.75, 3.05) is 39.5 Å². The Labute approximate surface area is 211 Å². The molecule has 1 fully saturated rings. The van der Waals surface area contributed by atoms with Crippen molar-refractivity contribution in [3.8, 4) is 11.5 Å². The Bertz CT molecular complexity index is 1010. The maximum absolute atomic E-state index is 13.4. The van der Waals surface area contributed by atoms with Crippen LogP contribution in [0.3, 0.4) is 0 Å². The predicted molar refractivity (Wildman–Crippen MR) is 134 cm³/mol. The van der Waals surface area contributed by atoms with Crippen molar-refractivity contribution in [1.82, 2.24) is 19.6 Å². The highest BCUT2D eigenvalue weighted by Crippen LogP contribution is 2.42. The average Bonchev–Trinajstić information content (AvgIpc) is 3.62. The zero-order valence-electron chi connectivity index (χ0n) is 20.9. The van der Waals surface area contributed by atoms with Gasteiger partial charge in [-0.25, -0.2) is 0 Å². The predicted octanol–water partition coefficient (Wildman–Crippen LogP) is 2.15. The van der Waals surface area contributed by atoms with Gasteiger partial charge in [0.1, 0.15) is 0 Å². The number of amides is 1. The van der Waals surface area contributed by atoms with Crippen LogP contribution in [0.2, 0.25) is 0 Å². The summed E-state index contributed by atoms with van der Waals surface area (Å²) >= 11 is 0. The van der Waals surface area contributed by atoms with E-state index in [1.54, 1.807) is 6.20 Å². The van der Waals surface area contributed by atoms with E-state index in [-0.39, 0.29) is 31.2 Å². The van der Waals surface area contributed by atoms with Gasteiger partial charge in [-0.1, -0.05) is 19.4 Å². The molecular formula is C26H37N5O5. The zero-order chi connectivity index (χ0) is 25.5. The van der Waals surface area contributed by atoms with Crippen LogP contribution in [0.5, 0.6) is 11.5 Å². The molecule has 0 radical (unpaired) electrons. The molecule has 3 N–H and O–H groups in total. The van der Waals surface area contributed by atoms with Crippen molar-refractivity contribution in [1.29, 1.82) is 0 Å². The number of ether oxygens (including phenoxy) is 2. The van der Waals surface area contributed by atoms with Crippen LogP contribution in [0.25, 0.3) is 0 Å². The van der Waals surface area contributed by atoms with Gasteiger partial charge in [0, 0.05) is 50.5 Å². The monoisotopic (exact) mass is 499 g/mol. The lowest BCUT2D eigenvalue weighted by Crippen LogP contribution is -2.45. The number of benzene rings is 1. The number of aromatic nitrogens is 2. The van der Waals surface area contributed by atoms with Crippen molar-refractivity contribution in [3.05, 3.63) is 42.2 Å². The van der Waals surface area contributed by atoms with E-state index in [0.717, 1.165) is 24.8 Å². The lowest BCUT2D eigenvalue weighted by Gasteiger charge is -2.29. The fourth-order valence-corrected chi connectivity index (χ4v) is 5.30. The first-order valence-electron chi connectivity index (χ1n) is 12.8. The fourth-order valence-electron chi connectivity index (χ4n) is 5.30. The number of hydrogen-bond donors (Lipinski definition) is 2. The van der Waals surface area contributed by atoms with Crippen LogP contribution >= 0.6 is 0 Å². The number of rotatable bonds is 13. The largest absolute Gasteiger partial charge is 0.481 e. The number of likely N-dealkylation sites (tertiary alicyclic amines) is 1. The smallest absolute Gasteiger partial charge is 0.308 e. The summed E-state index contributed by atoms with van der Waals surface area (Å²) in [7, 11) is 0. The second-order valence-electron chi connectivity index (χ2n) is 9.51. The Balaban J connectivity index is 1.58. The minimum atomic E-state index is -0.857. The third-order valence-corrected chi connectivity index (χ3v) is 7.18. The summed E-state index contributed by atoms with van der Waals surface area (Å²) in [6.45, 7) is 5.34. The van der Waals surface area contributed by atoms with Gasteiger partial charge in [0.2, 0.25) is 12.7 Å². The van der Waals surface area contributed by atoms with Gasteiger partial charge in [0.25, 0.3) is 0 Å². The van der Waals surface area contributed by atoms with Gasteiger partial charge in [-0.05, 0) is 49.6 Å². The molecule has 10 nitrogen and oxygen atoms in total. The summed E-state index contributed by atoms with van der Waals surface area (Å²) in [5, 5.41) is 14.6. The molecule has 1 amide bonds. The number of carbonyl (C=O) groups is 2. The molecule has 1 saturated heterocycles. The maximum Gasteiger partial charge on any atom is 0.308 e. The Morgan fingerprint density at radius 2 is 2.03 bits per heavy atom. The van der Waals surface area contributed by atoms with Crippen molar-refractivity contribution < 1.29 is 24.2 Å². The highest BCUT2D eigenvalue weighted by atomic mass is 16.7. The number of aryl methyl sites for hydroxylation is 1. The molecule has 10 heteroatoms. The van der Waals surface area contributed by atoms with Gasteiger partial charge in [-0.15, -0.1) is 0 Å². The highest BCUT2D eigenvalue weighted by molar-refractivity contribution is 5.79. The van der Waals surface area contributed by atoms with E-state index in [1.165, 1.54) is 0 Å². The van der Waals surface area contributed by atoms with Crippen LogP contribution in [0.1, 0.15) is 44.1 Å². The first-order valence-corrected chi connectivity index (χ1v) is 12.8. The zero-order valence-corrected chi connectivity index (χ0v) is 20.9. The molecule has 0 unspecified atom stereocenters. The molecule has 0 saturated carbocycles. The molecule has 3 atom stereocenters. The van der Waals surface area contributed by atoms with Gasteiger partial charge in [0.05, 0.1) is 12.5 Å². The van der Waals surface area contributed by atoms with E-state index in [1.807, 2.05) is 40.0 Å². The third kappa shape index (κ3) is 5.99. The molecule has 4 rings (SSSR count). The van der Waals surface area contributed by atoms with E-state index in [2.05, 4.69) is 16.9 Å². The normalized spacial score (nSPS) is 21.1. The average molecular weight is 500 g/mol. The van der Waals surface area contributed by atoms with Crippen LogP contribution in [0.15, 0.2) is 36.7 Å². The van der Waals surface area contributed by atoms with Gasteiger partial charge < -0.3 is 25.2 Å². The quantitative estimate of drug-likeness (QED) is 0.430. The van der Waals surface area contributed by atoms with Crippen LogP contribution in [0.4, 0.5) is 0 Å². The molecule has 0 bridgehead atoms. The van der Waals surface area contributed by atoms with Crippen LogP contribution in [-0.2, 0) is 16.1 Å². The first kappa shape index (κ1) is 26.0. The molecule has 196 valence electrons. The van der Waals surface area contributed by atoms with Gasteiger partial charge in [-0.3, -0.25) is 19.2 Å². The number of nitrogens with zero attached hydrogens (tertiary/aromatic N) is 4. The second kappa shape index (κ2) is 12.2. The first-order chi connectivity index (χ1) is 17.5. The topological polar surface area (TPSA) is 123 Å². The van der Waals surface area contributed by atoms with Crippen molar-refractivity contribution in [2.24, 2.45) is 11.7 Å². The van der Waals surface area contributed by atoms with Crippen molar-refractivity contribution in [2.45, 2.75) is 51.1 Å². The summed E-state index contributed by atoms with van der Waals surface area (Å²) in [5.41, 5.74) is 6.59. The Morgan fingerprint density at radius 3 is 2.75 bits per heavy atom. The van der Waals surface area contributed by atoms with Crippen molar-refractivity contribution >= 4 is 11.9 Å². The minimum Gasteiger partial charge on any atom is -0.481 e. The molecular weight excluding hydrogens is 462 g/mol. The number of fused-ring (bicyclic) bond motifs is 1. The third-order valence-electron chi connectivity index (χ3n) is 7.18. The minimum absolute atomic E-state index is 0.0245. The molecule has 0 spiro atoms. The van der Waals surface area contributed by atoms with Gasteiger partial charge >= 0.3 is 5.97 Å². The van der Waals surface area contributed by atoms with Crippen molar-refractivity contribution in [3.63, 3.8) is 0 Å². The lowest BCUT2D eigenvalue weighted by atomic mass is 9.84. The van der Waals surface area contributed by atoms with E-state index in [9.17, 15) is 14.7 Å². The number of aliphatic carboxylic acids is 1. The highest BCUT2D eigenvalue weighted by Gasteiger charge is 2.47. The Morgan fingerprint density at radius 1 is 1.22 bits per heavy atom. The summed E-state index contributed by atoms with van der Waals surface area (Å²) in [6.07, 6.45) is 6.82. The SMILES string of the molecule is CCCCN(CCCN)C(=O)CN1C[C@H](c2ccc3c(c2)OCO3)[C@@H](C(=O)O)[C@@H]1CCn1cccn1. The summed E-state index contributed by atoms with van der Waals surface area (Å²) in [4.78, 5) is 30.0. The summed E-state index contributed by atoms with van der Waals surface area (Å²) in [5.74, 6) is -0.480. The van der Waals surface area contributed by atoms with E-state index >= 15 is 0 Å². The summed E-state index contributed by atoms with van der Waals surface area (Å²) in [6, 6.07) is 7.17. The number of carboxylic acids is 1. The van der Waals surface area contributed by atoms with Crippen LogP contribution in [-0.4, -0.2) is 82.1 Å². The number of unbranched alkanes of at least 4 members (excludes halogenated alkanes) is 1. The lowest BCUT2D eigenvalue weighted by molar-refractivity contribution is -0.144. The molecule has 2 aromatic rings. The number of hydrogen-bond acceptors (Lipinski definition) is 7. The fraction of sp³-hybridized carbons (Fsp3) is 0.577. The second-order valence-corrected chi connectivity index (χ2v) is 9.51. The van der Waals surface area contributed by atoms with E-state index < -0.39 is 11.9 Å². The number of nitrogens with two attached hydrogens (primary N) is 1. The molecule has 36 heavy (non-hydrogen) atoms. The van der Waals surface area contributed by atoms with Gasteiger partial charge in [0.15, 0.2) is 11.5 Å². The molecule has 2 aliphatic heterocycles. The molecule has 2 aliphatic rings. The van der Waals surface area contributed by atoms with Crippen LogP contribution < -0.4 is 15.2 Å².